The molecule has 1 aromatic rings. The number of amides is 1. The number of hydrogen-bond donors (Lipinski definition) is 2. The Bertz CT molecular complexity index is 650. The highest BCUT2D eigenvalue weighted by molar-refractivity contribution is 7.89. The molecular formula is C17H28ClN3O3S. The first-order valence-electron chi connectivity index (χ1n) is 8.56. The molecule has 0 bridgehead atoms. The van der Waals surface area contributed by atoms with Gasteiger partial charge in [0.15, 0.2) is 0 Å². The average molecular weight is 390 g/mol. The summed E-state index contributed by atoms with van der Waals surface area (Å²) in [6, 6.07) is 7.06. The van der Waals surface area contributed by atoms with Crippen molar-refractivity contribution in [1.29, 1.82) is 0 Å². The third-order valence-corrected chi connectivity index (χ3v) is 6.18. The van der Waals surface area contributed by atoms with Crippen LogP contribution in [0.1, 0.15) is 31.7 Å². The van der Waals surface area contributed by atoms with Gasteiger partial charge in [0.1, 0.15) is 0 Å². The van der Waals surface area contributed by atoms with E-state index in [9.17, 15) is 13.2 Å². The lowest BCUT2D eigenvalue weighted by Gasteiger charge is -2.31. The van der Waals surface area contributed by atoms with E-state index in [1.807, 2.05) is 12.1 Å². The van der Waals surface area contributed by atoms with Gasteiger partial charge in [-0.05, 0) is 37.0 Å². The fourth-order valence-corrected chi connectivity index (χ4v) is 4.50. The highest BCUT2D eigenvalue weighted by atomic mass is 35.5. The molecule has 0 saturated carbocycles. The molecule has 2 rings (SSSR count). The fraction of sp³-hybridized carbons (Fsp3) is 0.588. The van der Waals surface area contributed by atoms with Gasteiger partial charge in [-0.15, -0.1) is 12.4 Å². The van der Waals surface area contributed by atoms with Gasteiger partial charge in [-0.2, -0.15) is 4.31 Å². The summed E-state index contributed by atoms with van der Waals surface area (Å²) in [6.45, 7) is 3.58. The molecule has 0 spiro atoms. The van der Waals surface area contributed by atoms with Crippen molar-refractivity contribution in [2.45, 2.75) is 37.5 Å². The van der Waals surface area contributed by atoms with Gasteiger partial charge in [0, 0.05) is 26.2 Å². The molecule has 1 unspecified atom stereocenters. The van der Waals surface area contributed by atoms with Gasteiger partial charge in [0.25, 0.3) is 0 Å². The van der Waals surface area contributed by atoms with Crippen LogP contribution in [0.3, 0.4) is 0 Å². The number of nitrogens with zero attached hydrogens (tertiary/aromatic N) is 1. The van der Waals surface area contributed by atoms with Crippen LogP contribution in [-0.2, 0) is 21.2 Å². The number of carbonyl (C=O) groups is 1. The summed E-state index contributed by atoms with van der Waals surface area (Å²) < 4.78 is 27.1. The zero-order valence-electron chi connectivity index (χ0n) is 14.6. The topological polar surface area (TPSA) is 92.5 Å². The van der Waals surface area contributed by atoms with E-state index in [0.717, 1.165) is 18.4 Å². The SMILES string of the molecule is CCCc1ccc(S(=O)(=O)N2CCCC(C(=O)NCCN)C2)cc1.Cl. The second-order valence-corrected chi connectivity index (χ2v) is 8.11. The summed E-state index contributed by atoms with van der Waals surface area (Å²) in [5, 5.41) is 2.75. The molecule has 6 nitrogen and oxygen atoms in total. The van der Waals surface area contributed by atoms with E-state index in [1.54, 1.807) is 12.1 Å². The second-order valence-electron chi connectivity index (χ2n) is 6.18. The number of rotatable bonds is 7. The Morgan fingerprint density at radius 1 is 1.32 bits per heavy atom. The highest BCUT2D eigenvalue weighted by Crippen LogP contribution is 2.24. The number of halogens is 1. The van der Waals surface area contributed by atoms with E-state index < -0.39 is 10.0 Å². The summed E-state index contributed by atoms with van der Waals surface area (Å²) in [7, 11) is -3.55. The maximum absolute atomic E-state index is 12.8. The van der Waals surface area contributed by atoms with Crippen LogP contribution in [0, 0.1) is 5.92 Å². The zero-order chi connectivity index (χ0) is 17.6. The van der Waals surface area contributed by atoms with Gasteiger partial charge in [-0.1, -0.05) is 25.5 Å². The Balaban J connectivity index is 0.00000312. The lowest BCUT2D eigenvalue weighted by molar-refractivity contribution is -0.126. The molecule has 1 heterocycles. The summed E-state index contributed by atoms with van der Waals surface area (Å²) in [5.41, 5.74) is 6.52. The molecule has 0 aromatic heterocycles. The molecule has 1 saturated heterocycles. The monoisotopic (exact) mass is 389 g/mol. The van der Waals surface area contributed by atoms with Crippen molar-refractivity contribution < 1.29 is 13.2 Å². The minimum absolute atomic E-state index is 0. The summed E-state index contributed by atoms with van der Waals surface area (Å²) in [5.74, 6) is -0.418. The van der Waals surface area contributed by atoms with Crippen molar-refractivity contribution >= 4 is 28.3 Å². The standard InChI is InChI=1S/C17H27N3O3S.ClH/c1-2-4-14-6-8-16(9-7-14)24(22,23)20-12-3-5-15(13-20)17(21)19-11-10-18;/h6-9,15H,2-5,10-13,18H2,1H3,(H,19,21);1H. The maximum Gasteiger partial charge on any atom is 0.243 e. The molecular weight excluding hydrogens is 362 g/mol. The van der Waals surface area contributed by atoms with Crippen LogP contribution in [0.5, 0.6) is 0 Å². The minimum atomic E-state index is -3.55. The largest absolute Gasteiger partial charge is 0.355 e. The molecule has 3 N–H and O–H groups in total. The minimum Gasteiger partial charge on any atom is -0.355 e. The van der Waals surface area contributed by atoms with Gasteiger partial charge in [0.2, 0.25) is 15.9 Å². The van der Waals surface area contributed by atoms with Crippen molar-refractivity contribution in [2.75, 3.05) is 26.2 Å². The van der Waals surface area contributed by atoms with E-state index in [4.69, 9.17) is 5.73 Å². The van der Waals surface area contributed by atoms with Crippen molar-refractivity contribution in [2.24, 2.45) is 11.7 Å². The van der Waals surface area contributed by atoms with Gasteiger partial charge in [-0.25, -0.2) is 8.42 Å². The number of sulfonamides is 1. The molecule has 1 atom stereocenters. The normalized spacial score (nSPS) is 18.4. The maximum atomic E-state index is 12.8. The molecule has 25 heavy (non-hydrogen) atoms. The Morgan fingerprint density at radius 2 is 2.00 bits per heavy atom. The molecule has 1 aliphatic rings. The summed E-state index contributed by atoms with van der Waals surface area (Å²) >= 11 is 0. The Morgan fingerprint density at radius 3 is 2.60 bits per heavy atom. The van der Waals surface area contributed by atoms with E-state index in [1.165, 1.54) is 4.31 Å². The van der Waals surface area contributed by atoms with Crippen molar-refractivity contribution in [3.63, 3.8) is 0 Å². The van der Waals surface area contributed by atoms with Crippen molar-refractivity contribution in [3.8, 4) is 0 Å². The molecule has 0 aliphatic carbocycles. The van der Waals surface area contributed by atoms with E-state index in [0.29, 0.717) is 37.4 Å². The number of benzene rings is 1. The van der Waals surface area contributed by atoms with Crippen LogP contribution >= 0.6 is 12.4 Å². The number of nitrogens with one attached hydrogen (secondary N) is 1. The molecule has 8 heteroatoms. The Hall–Kier alpha value is -1.15. The van der Waals surface area contributed by atoms with Crippen molar-refractivity contribution in [3.05, 3.63) is 29.8 Å². The first-order chi connectivity index (χ1) is 11.5. The van der Waals surface area contributed by atoms with Crippen LogP contribution < -0.4 is 11.1 Å². The molecule has 0 radical (unpaired) electrons. The molecule has 1 aromatic carbocycles. The zero-order valence-corrected chi connectivity index (χ0v) is 16.2. The third-order valence-electron chi connectivity index (χ3n) is 4.30. The molecule has 1 aliphatic heterocycles. The van der Waals surface area contributed by atoms with Crippen LogP contribution in [0.2, 0.25) is 0 Å². The number of carbonyl (C=O) groups excluding carboxylic acids is 1. The lowest BCUT2D eigenvalue weighted by Crippen LogP contribution is -2.46. The fourth-order valence-electron chi connectivity index (χ4n) is 2.98. The highest BCUT2D eigenvalue weighted by Gasteiger charge is 2.33. The van der Waals surface area contributed by atoms with Crippen LogP contribution in [0.25, 0.3) is 0 Å². The van der Waals surface area contributed by atoms with Gasteiger partial charge < -0.3 is 11.1 Å². The van der Waals surface area contributed by atoms with Crippen LogP contribution in [0.4, 0.5) is 0 Å². The Labute approximate surface area is 156 Å². The van der Waals surface area contributed by atoms with Gasteiger partial charge >= 0.3 is 0 Å². The predicted molar refractivity (Wildman–Crippen MR) is 101 cm³/mol. The summed E-state index contributed by atoms with van der Waals surface area (Å²) in [4.78, 5) is 12.4. The number of hydrogen-bond acceptors (Lipinski definition) is 4. The predicted octanol–water partition coefficient (Wildman–Crippen LogP) is 1.54. The van der Waals surface area contributed by atoms with Crippen LogP contribution in [-0.4, -0.2) is 44.8 Å². The Kier molecular flexibility index (Phi) is 8.85. The van der Waals surface area contributed by atoms with Gasteiger partial charge in [-0.3, -0.25) is 4.79 Å². The number of aryl methyl sites for hydroxylation is 1. The first-order valence-corrected chi connectivity index (χ1v) is 10.00. The molecule has 1 fully saturated rings. The van der Waals surface area contributed by atoms with E-state index in [-0.39, 0.29) is 30.8 Å². The number of nitrogens with two attached hydrogens (primary N) is 1. The smallest absolute Gasteiger partial charge is 0.243 e. The van der Waals surface area contributed by atoms with Crippen LogP contribution in [0.15, 0.2) is 29.2 Å². The van der Waals surface area contributed by atoms with E-state index in [2.05, 4.69) is 12.2 Å². The second kappa shape index (κ2) is 10.1. The summed E-state index contributed by atoms with van der Waals surface area (Å²) in [6.07, 6.45) is 3.36. The lowest BCUT2D eigenvalue weighted by atomic mass is 9.99. The molecule has 1 amide bonds. The number of piperidine rings is 1. The van der Waals surface area contributed by atoms with Crippen molar-refractivity contribution in [1.82, 2.24) is 9.62 Å². The molecule has 142 valence electrons. The van der Waals surface area contributed by atoms with Gasteiger partial charge in [0.05, 0.1) is 10.8 Å². The third kappa shape index (κ3) is 5.67. The first kappa shape index (κ1) is 21.9. The quantitative estimate of drug-likeness (QED) is 0.739. The average Bonchev–Trinajstić information content (AvgIpc) is 2.60. The van der Waals surface area contributed by atoms with E-state index >= 15 is 0 Å².